The summed E-state index contributed by atoms with van der Waals surface area (Å²) in [5.41, 5.74) is 1.65. The van der Waals surface area contributed by atoms with E-state index in [1.807, 2.05) is 12.1 Å². The highest BCUT2D eigenvalue weighted by molar-refractivity contribution is 5.72. The predicted molar refractivity (Wildman–Crippen MR) is 83.5 cm³/mol. The van der Waals surface area contributed by atoms with E-state index in [9.17, 15) is 20.1 Å². The Morgan fingerprint density at radius 2 is 1.86 bits per heavy atom. The number of piperidine rings is 1. The minimum Gasteiger partial charge on any atom is -0.393 e. The SMILES string of the molecule is CC(=O)NCC(O)C(O)c1ccc(N2CCC(O)CC2)cc1. The molecule has 0 aliphatic carbocycles. The van der Waals surface area contributed by atoms with E-state index in [0.717, 1.165) is 31.6 Å². The lowest BCUT2D eigenvalue weighted by Crippen LogP contribution is -2.36. The van der Waals surface area contributed by atoms with Gasteiger partial charge in [0.25, 0.3) is 0 Å². The van der Waals surface area contributed by atoms with Crippen LogP contribution in [0.1, 0.15) is 31.4 Å². The van der Waals surface area contributed by atoms with Crippen LogP contribution in [-0.4, -0.2) is 53.1 Å². The van der Waals surface area contributed by atoms with Crippen LogP contribution < -0.4 is 10.2 Å². The molecule has 1 aliphatic heterocycles. The lowest BCUT2D eigenvalue weighted by Gasteiger charge is -2.31. The first-order valence-corrected chi connectivity index (χ1v) is 7.61. The Morgan fingerprint density at radius 1 is 1.27 bits per heavy atom. The molecule has 1 aromatic carbocycles. The first kappa shape index (κ1) is 16.7. The van der Waals surface area contributed by atoms with Gasteiger partial charge >= 0.3 is 0 Å². The fraction of sp³-hybridized carbons (Fsp3) is 0.562. The van der Waals surface area contributed by atoms with Gasteiger partial charge in [-0.3, -0.25) is 4.79 Å². The van der Waals surface area contributed by atoms with E-state index in [1.165, 1.54) is 6.92 Å². The Hall–Kier alpha value is -1.63. The molecular formula is C16H24N2O4. The van der Waals surface area contributed by atoms with E-state index in [1.54, 1.807) is 12.1 Å². The minimum absolute atomic E-state index is 0.0161. The lowest BCUT2D eigenvalue weighted by molar-refractivity contribution is -0.119. The van der Waals surface area contributed by atoms with Gasteiger partial charge in [0.15, 0.2) is 0 Å². The van der Waals surface area contributed by atoms with E-state index < -0.39 is 12.2 Å². The summed E-state index contributed by atoms with van der Waals surface area (Å²) in [4.78, 5) is 13.0. The number of anilines is 1. The summed E-state index contributed by atoms with van der Waals surface area (Å²) >= 11 is 0. The molecular weight excluding hydrogens is 284 g/mol. The first-order chi connectivity index (χ1) is 10.5. The Labute approximate surface area is 130 Å². The molecule has 1 saturated heterocycles. The Morgan fingerprint density at radius 3 is 2.41 bits per heavy atom. The Balaban J connectivity index is 1.94. The number of aliphatic hydroxyl groups excluding tert-OH is 3. The topological polar surface area (TPSA) is 93.0 Å². The van der Waals surface area contributed by atoms with Crippen LogP contribution >= 0.6 is 0 Å². The molecule has 0 bridgehead atoms. The second-order valence-corrected chi connectivity index (χ2v) is 5.76. The van der Waals surface area contributed by atoms with Gasteiger partial charge in [-0.15, -0.1) is 0 Å². The molecule has 122 valence electrons. The van der Waals surface area contributed by atoms with E-state index in [0.29, 0.717) is 5.56 Å². The smallest absolute Gasteiger partial charge is 0.216 e. The number of rotatable bonds is 5. The molecule has 6 nitrogen and oxygen atoms in total. The Kier molecular flexibility index (Phi) is 5.76. The van der Waals surface area contributed by atoms with Gasteiger partial charge in [0, 0.05) is 32.2 Å². The molecule has 0 radical (unpaired) electrons. The van der Waals surface area contributed by atoms with Crippen molar-refractivity contribution in [3.05, 3.63) is 29.8 Å². The van der Waals surface area contributed by atoms with Crippen molar-refractivity contribution in [3.63, 3.8) is 0 Å². The highest BCUT2D eigenvalue weighted by Crippen LogP contribution is 2.23. The summed E-state index contributed by atoms with van der Waals surface area (Å²) in [5.74, 6) is -0.242. The number of hydrogen-bond acceptors (Lipinski definition) is 5. The summed E-state index contributed by atoms with van der Waals surface area (Å²) < 4.78 is 0. The number of benzene rings is 1. The summed E-state index contributed by atoms with van der Waals surface area (Å²) in [7, 11) is 0. The second kappa shape index (κ2) is 7.58. The van der Waals surface area contributed by atoms with Crippen LogP contribution in [0.3, 0.4) is 0 Å². The third-order valence-electron chi connectivity index (χ3n) is 3.99. The molecule has 1 aliphatic rings. The molecule has 1 heterocycles. The maximum Gasteiger partial charge on any atom is 0.216 e. The molecule has 2 rings (SSSR count). The molecule has 2 atom stereocenters. The van der Waals surface area contributed by atoms with Crippen LogP contribution in [0.2, 0.25) is 0 Å². The highest BCUT2D eigenvalue weighted by Gasteiger charge is 2.20. The van der Waals surface area contributed by atoms with Crippen LogP contribution in [0, 0.1) is 0 Å². The van der Waals surface area contributed by atoms with E-state index in [2.05, 4.69) is 10.2 Å². The average Bonchev–Trinajstić information content (AvgIpc) is 2.53. The van der Waals surface area contributed by atoms with Crippen molar-refractivity contribution in [3.8, 4) is 0 Å². The lowest BCUT2D eigenvalue weighted by atomic mass is 10.0. The van der Waals surface area contributed by atoms with Gasteiger partial charge in [0.05, 0.1) is 6.10 Å². The van der Waals surface area contributed by atoms with Crippen molar-refractivity contribution in [1.82, 2.24) is 5.32 Å². The molecule has 1 amide bonds. The zero-order chi connectivity index (χ0) is 16.1. The molecule has 22 heavy (non-hydrogen) atoms. The number of carbonyl (C=O) groups is 1. The predicted octanol–water partition coefficient (Wildman–Crippen LogP) is 0.178. The normalized spacial score (nSPS) is 18.8. The van der Waals surface area contributed by atoms with Gasteiger partial charge in [0.1, 0.15) is 12.2 Å². The fourth-order valence-electron chi connectivity index (χ4n) is 2.59. The van der Waals surface area contributed by atoms with Crippen LogP contribution in [0.15, 0.2) is 24.3 Å². The third kappa shape index (κ3) is 4.43. The van der Waals surface area contributed by atoms with Crippen molar-refractivity contribution in [2.24, 2.45) is 0 Å². The number of carbonyl (C=O) groups excluding carboxylic acids is 1. The van der Waals surface area contributed by atoms with Crippen molar-refractivity contribution < 1.29 is 20.1 Å². The minimum atomic E-state index is -1.04. The molecule has 1 fully saturated rings. The number of nitrogens with zero attached hydrogens (tertiary/aromatic N) is 1. The molecule has 0 aromatic heterocycles. The molecule has 0 spiro atoms. The molecule has 4 N–H and O–H groups in total. The van der Waals surface area contributed by atoms with Gasteiger partial charge in [-0.05, 0) is 30.5 Å². The van der Waals surface area contributed by atoms with Crippen molar-refractivity contribution in [2.45, 2.75) is 38.1 Å². The number of amides is 1. The van der Waals surface area contributed by atoms with Crippen LogP contribution in [0.5, 0.6) is 0 Å². The first-order valence-electron chi connectivity index (χ1n) is 7.61. The monoisotopic (exact) mass is 308 g/mol. The standard InChI is InChI=1S/C16H24N2O4/c1-11(19)17-10-15(21)16(22)12-2-4-13(5-3-12)18-8-6-14(20)7-9-18/h2-5,14-16,20-22H,6-10H2,1H3,(H,17,19). The highest BCUT2D eigenvalue weighted by atomic mass is 16.3. The van der Waals surface area contributed by atoms with Crippen molar-refractivity contribution in [1.29, 1.82) is 0 Å². The largest absolute Gasteiger partial charge is 0.393 e. The van der Waals surface area contributed by atoms with Crippen molar-refractivity contribution >= 4 is 11.6 Å². The number of nitrogens with one attached hydrogen (secondary N) is 1. The molecule has 0 saturated carbocycles. The van der Waals surface area contributed by atoms with Gasteiger partial charge in [-0.1, -0.05) is 12.1 Å². The molecule has 6 heteroatoms. The Bertz CT molecular complexity index is 483. The van der Waals surface area contributed by atoms with E-state index >= 15 is 0 Å². The fourth-order valence-corrected chi connectivity index (χ4v) is 2.59. The van der Waals surface area contributed by atoms with Gasteiger partial charge in [-0.2, -0.15) is 0 Å². The summed E-state index contributed by atoms with van der Waals surface area (Å²) in [6.07, 6.45) is -0.759. The zero-order valence-electron chi connectivity index (χ0n) is 12.8. The third-order valence-corrected chi connectivity index (χ3v) is 3.99. The van der Waals surface area contributed by atoms with Crippen LogP contribution in [0.25, 0.3) is 0 Å². The number of aliphatic hydroxyl groups is 3. The summed E-state index contributed by atoms with van der Waals surface area (Å²) in [6.45, 7) is 3.01. The maximum absolute atomic E-state index is 10.8. The van der Waals surface area contributed by atoms with Gasteiger partial charge < -0.3 is 25.5 Å². The van der Waals surface area contributed by atoms with E-state index in [-0.39, 0.29) is 18.6 Å². The van der Waals surface area contributed by atoms with E-state index in [4.69, 9.17) is 0 Å². The van der Waals surface area contributed by atoms with Crippen LogP contribution in [0.4, 0.5) is 5.69 Å². The zero-order valence-corrected chi connectivity index (χ0v) is 12.8. The molecule has 1 aromatic rings. The van der Waals surface area contributed by atoms with Gasteiger partial charge in [0.2, 0.25) is 5.91 Å². The van der Waals surface area contributed by atoms with Crippen molar-refractivity contribution in [2.75, 3.05) is 24.5 Å². The summed E-state index contributed by atoms with van der Waals surface area (Å²) in [5, 5.41) is 32.0. The van der Waals surface area contributed by atoms with Crippen LogP contribution in [-0.2, 0) is 4.79 Å². The maximum atomic E-state index is 10.8. The second-order valence-electron chi connectivity index (χ2n) is 5.76. The average molecular weight is 308 g/mol. The van der Waals surface area contributed by atoms with Gasteiger partial charge in [-0.25, -0.2) is 0 Å². The molecule has 2 unspecified atom stereocenters. The number of hydrogen-bond donors (Lipinski definition) is 4. The summed E-state index contributed by atoms with van der Waals surface area (Å²) in [6, 6.07) is 7.37. The quantitative estimate of drug-likeness (QED) is 0.623.